The number of hydrogen-bond acceptors (Lipinski definition) is 2. The fraction of sp³-hybridized carbons (Fsp3) is 0. The first-order valence-corrected chi connectivity index (χ1v) is 3.03. The van der Waals surface area contributed by atoms with Gasteiger partial charge in [0, 0.05) is 6.07 Å². The van der Waals surface area contributed by atoms with Gasteiger partial charge in [-0.1, -0.05) is 0 Å². The Balaban J connectivity index is 3.39. The molecule has 0 unspecified atom stereocenters. The third-order valence-corrected chi connectivity index (χ3v) is 1.33. The average Bonchev–Trinajstić information content (AvgIpc) is 2.05. The number of nitriles is 1. The molecule has 0 aliphatic carbocycles. The van der Waals surface area contributed by atoms with Gasteiger partial charge in [-0.3, -0.25) is 4.79 Å². The van der Waals surface area contributed by atoms with Gasteiger partial charge in [0.2, 0.25) is 0 Å². The van der Waals surface area contributed by atoms with Gasteiger partial charge >= 0.3 is 0 Å². The number of benzene rings is 1. The number of nitrogens with zero attached hydrogens (tertiary/aromatic N) is 1. The standard InChI is InChI=1S/C8H3F2NO/c9-7-2-8(10)6(4-12)1-5(7)3-11/h1-2,4H. The van der Waals surface area contributed by atoms with E-state index in [0.717, 1.165) is 6.07 Å². The molecule has 0 radical (unpaired) electrons. The molecule has 0 heterocycles. The maximum atomic E-state index is 12.6. The molecule has 1 aromatic carbocycles. The first-order valence-electron chi connectivity index (χ1n) is 3.03. The van der Waals surface area contributed by atoms with Gasteiger partial charge in [0.25, 0.3) is 0 Å². The summed E-state index contributed by atoms with van der Waals surface area (Å²) in [7, 11) is 0. The molecule has 0 spiro atoms. The number of halogens is 2. The smallest absolute Gasteiger partial charge is 0.153 e. The molecule has 1 aromatic rings. The predicted octanol–water partition coefficient (Wildman–Crippen LogP) is 1.65. The summed E-state index contributed by atoms with van der Waals surface area (Å²) in [6.45, 7) is 0. The predicted molar refractivity (Wildman–Crippen MR) is 36.5 cm³/mol. The Morgan fingerprint density at radius 2 is 2.00 bits per heavy atom. The van der Waals surface area contributed by atoms with Crippen LogP contribution in [0.2, 0.25) is 0 Å². The van der Waals surface area contributed by atoms with Crippen LogP contribution in [-0.4, -0.2) is 6.29 Å². The van der Waals surface area contributed by atoms with Gasteiger partial charge in [-0.15, -0.1) is 0 Å². The minimum atomic E-state index is -0.958. The van der Waals surface area contributed by atoms with Crippen molar-refractivity contribution in [2.45, 2.75) is 0 Å². The van der Waals surface area contributed by atoms with E-state index in [-0.39, 0.29) is 17.4 Å². The van der Waals surface area contributed by atoms with E-state index >= 15 is 0 Å². The molecule has 0 aromatic heterocycles. The molecule has 60 valence electrons. The van der Waals surface area contributed by atoms with Crippen LogP contribution in [0.4, 0.5) is 8.78 Å². The Bertz CT molecular complexity index is 368. The maximum Gasteiger partial charge on any atom is 0.153 e. The summed E-state index contributed by atoms with van der Waals surface area (Å²) in [5, 5.41) is 8.30. The van der Waals surface area contributed by atoms with E-state index in [1.807, 2.05) is 0 Å². The molecule has 0 atom stereocenters. The number of aldehydes is 1. The van der Waals surface area contributed by atoms with Crippen LogP contribution in [0.3, 0.4) is 0 Å². The third kappa shape index (κ3) is 1.30. The highest BCUT2D eigenvalue weighted by Crippen LogP contribution is 2.12. The summed E-state index contributed by atoms with van der Waals surface area (Å²) in [4.78, 5) is 10.1. The fourth-order valence-corrected chi connectivity index (χ4v) is 0.742. The second-order valence-electron chi connectivity index (χ2n) is 2.08. The van der Waals surface area contributed by atoms with Crippen LogP contribution < -0.4 is 0 Å². The molecule has 0 aliphatic rings. The molecule has 4 heteroatoms. The summed E-state index contributed by atoms with van der Waals surface area (Å²) in [5.41, 5.74) is -0.647. The number of hydrogen-bond donors (Lipinski definition) is 0. The van der Waals surface area contributed by atoms with Gasteiger partial charge in [0.15, 0.2) is 6.29 Å². The summed E-state index contributed by atoms with van der Waals surface area (Å²) in [6, 6.07) is 2.89. The van der Waals surface area contributed by atoms with Crippen LogP contribution in [-0.2, 0) is 0 Å². The molecule has 12 heavy (non-hydrogen) atoms. The van der Waals surface area contributed by atoms with E-state index in [2.05, 4.69) is 0 Å². The largest absolute Gasteiger partial charge is 0.298 e. The Kier molecular flexibility index (Phi) is 2.15. The summed E-state index contributed by atoms with van der Waals surface area (Å²) in [6.07, 6.45) is 0.232. The van der Waals surface area contributed by atoms with E-state index in [1.165, 1.54) is 6.07 Å². The van der Waals surface area contributed by atoms with E-state index in [4.69, 9.17) is 5.26 Å². The molecule has 0 fully saturated rings. The minimum absolute atomic E-state index is 0.232. The summed E-state index contributed by atoms with van der Waals surface area (Å²) < 4.78 is 25.2. The van der Waals surface area contributed by atoms with E-state index < -0.39 is 11.6 Å². The Hall–Kier alpha value is -1.76. The molecule has 2 nitrogen and oxygen atoms in total. The zero-order chi connectivity index (χ0) is 9.14. The molecule has 0 saturated carbocycles. The fourth-order valence-electron chi connectivity index (χ4n) is 0.742. The van der Waals surface area contributed by atoms with Crippen molar-refractivity contribution >= 4 is 6.29 Å². The van der Waals surface area contributed by atoms with Crippen molar-refractivity contribution in [3.8, 4) is 6.07 Å². The topological polar surface area (TPSA) is 40.9 Å². The highest BCUT2D eigenvalue weighted by atomic mass is 19.1. The second-order valence-corrected chi connectivity index (χ2v) is 2.08. The average molecular weight is 167 g/mol. The van der Waals surface area contributed by atoms with E-state index in [1.54, 1.807) is 0 Å². The SMILES string of the molecule is N#Cc1cc(C=O)c(F)cc1F. The Morgan fingerprint density at radius 1 is 1.33 bits per heavy atom. The van der Waals surface area contributed by atoms with Crippen LogP contribution in [0, 0.1) is 23.0 Å². The van der Waals surface area contributed by atoms with Crippen LogP contribution >= 0.6 is 0 Å². The Morgan fingerprint density at radius 3 is 2.50 bits per heavy atom. The van der Waals surface area contributed by atoms with Crippen LogP contribution in [0.25, 0.3) is 0 Å². The van der Waals surface area contributed by atoms with Gasteiger partial charge in [-0.05, 0) is 6.07 Å². The number of rotatable bonds is 1. The van der Waals surface area contributed by atoms with Gasteiger partial charge in [-0.2, -0.15) is 5.26 Å². The first-order chi connectivity index (χ1) is 5.69. The number of carbonyl (C=O) groups is 1. The highest BCUT2D eigenvalue weighted by molar-refractivity contribution is 5.76. The number of carbonyl (C=O) groups excluding carboxylic acids is 1. The van der Waals surface area contributed by atoms with Gasteiger partial charge < -0.3 is 0 Å². The van der Waals surface area contributed by atoms with E-state index in [0.29, 0.717) is 6.07 Å². The third-order valence-electron chi connectivity index (χ3n) is 1.33. The quantitative estimate of drug-likeness (QED) is 0.596. The molecular formula is C8H3F2NO. The lowest BCUT2D eigenvalue weighted by molar-refractivity contribution is 0.111. The lowest BCUT2D eigenvalue weighted by atomic mass is 10.1. The minimum Gasteiger partial charge on any atom is -0.298 e. The van der Waals surface area contributed by atoms with Crippen LogP contribution in [0.15, 0.2) is 12.1 Å². The lowest BCUT2D eigenvalue weighted by Gasteiger charge is -1.95. The zero-order valence-electron chi connectivity index (χ0n) is 5.84. The van der Waals surface area contributed by atoms with Crippen molar-refractivity contribution in [3.05, 3.63) is 34.9 Å². The molecular weight excluding hydrogens is 164 g/mol. The molecule has 0 N–H and O–H groups in total. The van der Waals surface area contributed by atoms with Gasteiger partial charge in [-0.25, -0.2) is 8.78 Å². The van der Waals surface area contributed by atoms with Crippen molar-refractivity contribution in [2.75, 3.05) is 0 Å². The normalized spacial score (nSPS) is 9.08. The van der Waals surface area contributed by atoms with Crippen LogP contribution in [0.5, 0.6) is 0 Å². The van der Waals surface area contributed by atoms with Crippen molar-refractivity contribution in [1.29, 1.82) is 5.26 Å². The monoisotopic (exact) mass is 167 g/mol. The van der Waals surface area contributed by atoms with Crippen molar-refractivity contribution in [1.82, 2.24) is 0 Å². The lowest BCUT2D eigenvalue weighted by Crippen LogP contribution is -1.92. The molecule has 1 rings (SSSR count). The Labute approximate surface area is 67.0 Å². The van der Waals surface area contributed by atoms with Crippen LogP contribution in [0.1, 0.15) is 15.9 Å². The molecule has 0 bridgehead atoms. The van der Waals surface area contributed by atoms with Gasteiger partial charge in [0.05, 0.1) is 11.1 Å². The zero-order valence-corrected chi connectivity index (χ0v) is 5.84. The summed E-state index contributed by atoms with van der Waals surface area (Å²) in [5.74, 6) is -1.91. The summed E-state index contributed by atoms with van der Waals surface area (Å²) >= 11 is 0. The molecule has 0 amide bonds. The molecule has 0 aliphatic heterocycles. The first kappa shape index (κ1) is 8.34. The molecule has 0 saturated heterocycles. The van der Waals surface area contributed by atoms with Gasteiger partial charge in [0.1, 0.15) is 17.7 Å². The highest BCUT2D eigenvalue weighted by Gasteiger charge is 2.07. The van der Waals surface area contributed by atoms with Crippen molar-refractivity contribution in [2.24, 2.45) is 0 Å². The second kappa shape index (κ2) is 3.09. The maximum absolute atomic E-state index is 12.6. The van der Waals surface area contributed by atoms with E-state index in [9.17, 15) is 13.6 Å². The van der Waals surface area contributed by atoms with Crippen molar-refractivity contribution < 1.29 is 13.6 Å². The van der Waals surface area contributed by atoms with Crippen molar-refractivity contribution in [3.63, 3.8) is 0 Å².